The number of phenolic OH excluding ortho intramolecular Hbond substituents is 1. The van der Waals surface area contributed by atoms with Gasteiger partial charge in [-0.05, 0) is 6.07 Å². The summed E-state index contributed by atoms with van der Waals surface area (Å²) in [7, 11) is 1.25. The van der Waals surface area contributed by atoms with Crippen molar-refractivity contribution in [2.45, 2.75) is 0 Å². The van der Waals surface area contributed by atoms with Crippen LogP contribution in [0.5, 0.6) is 11.5 Å². The Kier molecular flexibility index (Phi) is 2.81. The SMILES string of the molecule is COc1c(Cl)cc(-c2cc(N)on2)c(O)c1F. The molecule has 3 N–H and O–H groups in total. The maximum Gasteiger partial charge on any atom is 0.222 e. The van der Waals surface area contributed by atoms with Crippen LogP contribution < -0.4 is 10.5 Å². The molecule has 1 aromatic carbocycles. The summed E-state index contributed by atoms with van der Waals surface area (Å²) in [6, 6.07) is 2.66. The highest BCUT2D eigenvalue weighted by atomic mass is 35.5. The number of methoxy groups -OCH3 is 1. The second-order valence-corrected chi connectivity index (χ2v) is 3.62. The van der Waals surface area contributed by atoms with E-state index in [0.29, 0.717) is 0 Å². The second kappa shape index (κ2) is 4.14. The molecule has 7 heteroatoms. The van der Waals surface area contributed by atoms with Crippen LogP contribution in [0.25, 0.3) is 11.3 Å². The minimum atomic E-state index is -0.962. The third-order valence-corrected chi connectivity index (χ3v) is 2.44. The van der Waals surface area contributed by atoms with Gasteiger partial charge in [-0.15, -0.1) is 0 Å². The first-order valence-electron chi connectivity index (χ1n) is 4.52. The Morgan fingerprint density at radius 1 is 1.53 bits per heavy atom. The maximum absolute atomic E-state index is 13.7. The molecule has 2 rings (SSSR count). The molecule has 0 atom stereocenters. The zero-order valence-electron chi connectivity index (χ0n) is 8.70. The topological polar surface area (TPSA) is 81.5 Å². The van der Waals surface area contributed by atoms with Crippen LogP contribution in [0.15, 0.2) is 16.7 Å². The average molecular weight is 259 g/mol. The number of anilines is 1. The van der Waals surface area contributed by atoms with E-state index in [4.69, 9.17) is 22.1 Å². The van der Waals surface area contributed by atoms with Gasteiger partial charge in [0.25, 0.3) is 0 Å². The van der Waals surface area contributed by atoms with Gasteiger partial charge in [0.2, 0.25) is 11.7 Å². The summed E-state index contributed by atoms with van der Waals surface area (Å²) in [4.78, 5) is 0. The molecule has 1 heterocycles. The van der Waals surface area contributed by atoms with Gasteiger partial charge in [0.1, 0.15) is 5.69 Å². The molecule has 17 heavy (non-hydrogen) atoms. The molecule has 0 unspecified atom stereocenters. The van der Waals surface area contributed by atoms with Crippen molar-refractivity contribution in [3.63, 3.8) is 0 Å². The smallest absolute Gasteiger partial charge is 0.222 e. The Hall–Kier alpha value is -1.95. The molecule has 0 spiro atoms. The molecular formula is C10H8ClFN2O3. The summed E-state index contributed by atoms with van der Waals surface area (Å²) >= 11 is 5.80. The molecule has 0 saturated carbocycles. The van der Waals surface area contributed by atoms with E-state index in [9.17, 15) is 9.50 Å². The summed E-state index contributed by atoms with van der Waals surface area (Å²) in [5.74, 6) is -1.77. The van der Waals surface area contributed by atoms with E-state index in [2.05, 4.69) is 9.68 Å². The standard InChI is InChI=1S/C10H8ClFN2O3/c1-16-10-5(11)2-4(9(15)8(10)12)6-3-7(13)17-14-6/h2-3,15H,13H2,1H3. The van der Waals surface area contributed by atoms with Gasteiger partial charge in [0, 0.05) is 6.07 Å². The highest BCUT2D eigenvalue weighted by Crippen LogP contribution is 2.40. The van der Waals surface area contributed by atoms with Crippen LogP contribution >= 0.6 is 11.6 Å². The number of nitrogen functional groups attached to an aromatic ring is 1. The number of phenols is 1. The zero-order valence-corrected chi connectivity index (χ0v) is 9.45. The molecule has 0 saturated heterocycles. The maximum atomic E-state index is 13.7. The first-order valence-corrected chi connectivity index (χ1v) is 4.90. The largest absolute Gasteiger partial charge is 0.504 e. The molecule has 90 valence electrons. The Labute approximate surface area is 101 Å². The van der Waals surface area contributed by atoms with Gasteiger partial charge < -0.3 is 20.1 Å². The molecule has 2 aromatic rings. The third-order valence-electron chi connectivity index (χ3n) is 2.16. The second-order valence-electron chi connectivity index (χ2n) is 3.22. The third kappa shape index (κ3) is 1.87. The Morgan fingerprint density at radius 3 is 2.76 bits per heavy atom. The number of hydrogen-bond donors (Lipinski definition) is 2. The minimum Gasteiger partial charge on any atom is -0.504 e. The summed E-state index contributed by atoms with van der Waals surface area (Å²) < 4.78 is 23.0. The number of aromatic hydroxyl groups is 1. The Balaban J connectivity index is 2.64. The molecular weight excluding hydrogens is 251 g/mol. The lowest BCUT2D eigenvalue weighted by atomic mass is 10.1. The summed E-state index contributed by atoms with van der Waals surface area (Å²) in [6.45, 7) is 0. The number of benzene rings is 1. The van der Waals surface area contributed by atoms with Gasteiger partial charge in [0.15, 0.2) is 11.5 Å². The molecule has 0 fully saturated rings. The molecule has 0 bridgehead atoms. The number of hydrogen-bond acceptors (Lipinski definition) is 5. The highest BCUT2D eigenvalue weighted by molar-refractivity contribution is 6.32. The Morgan fingerprint density at radius 2 is 2.24 bits per heavy atom. The molecule has 5 nitrogen and oxygen atoms in total. The average Bonchev–Trinajstić information content (AvgIpc) is 2.71. The van der Waals surface area contributed by atoms with Gasteiger partial charge in [0.05, 0.1) is 17.7 Å². The van der Waals surface area contributed by atoms with Crippen LogP contribution in [0.4, 0.5) is 10.3 Å². The van der Waals surface area contributed by atoms with E-state index >= 15 is 0 Å². The van der Waals surface area contributed by atoms with Crippen molar-refractivity contribution >= 4 is 17.5 Å². The lowest BCUT2D eigenvalue weighted by molar-refractivity contribution is 0.365. The molecule has 0 aliphatic heterocycles. The van der Waals surface area contributed by atoms with Gasteiger partial charge in [-0.25, -0.2) is 0 Å². The minimum absolute atomic E-state index is 0.0133. The number of halogens is 2. The normalized spacial score (nSPS) is 10.5. The summed E-state index contributed by atoms with van der Waals surface area (Å²) in [5.41, 5.74) is 5.60. The van der Waals surface area contributed by atoms with E-state index in [1.807, 2.05) is 0 Å². The lowest BCUT2D eigenvalue weighted by Crippen LogP contribution is -1.92. The van der Waals surface area contributed by atoms with Crippen LogP contribution in [-0.4, -0.2) is 17.4 Å². The van der Waals surface area contributed by atoms with Crippen LogP contribution in [0.3, 0.4) is 0 Å². The van der Waals surface area contributed by atoms with Crippen LogP contribution in [0.2, 0.25) is 5.02 Å². The summed E-state index contributed by atoms with van der Waals surface area (Å²) in [5, 5.41) is 13.2. The first-order chi connectivity index (χ1) is 8.04. The number of rotatable bonds is 2. The van der Waals surface area contributed by atoms with Crippen molar-refractivity contribution in [1.29, 1.82) is 0 Å². The van der Waals surface area contributed by atoms with Crippen molar-refractivity contribution in [3.05, 3.63) is 23.0 Å². The zero-order chi connectivity index (χ0) is 12.6. The van der Waals surface area contributed by atoms with Crippen LogP contribution in [0, 0.1) is 5.82 Å². The van der Waals surface area contributed by atoms with Crippen molar-refractivity contribution in [2.24, 2.45) is 0 Å². The molecule has 1 aromatic heterocycles. The van der Waals surface area contributed by atoms with Crippen LogP contribution in [0.1, 0.15) is 0 Å². The van der Waals surface area contributed by atoms with Crippen molar-refractivity contribution in [2.75, 3.05) is 12.8 Å². The fraction of sp³-hybridized carbons (Fsp3) is 0.100. The molecule has 0 aliphatic carbocycles. The van der Waals surface area contributed by atoms with Crippen LogP contribution in [-0.2, 0) is 0 Å². The monoisotopic (exact) mass is 258 g/mol. The Bertz CT molecular complexity index is 571. The van der Waals surface area contributed by atoms with Crippen molar-refractivity contribution in [1.82, 2.24) is 5.16 Å². The van der Waals surface area contributed by atoms with E-state index in [-0.39, 0.29) is 27.9 Å². The summed E-state index contributed by atoms with van der Waals surface area (Å²) in [6.07, 6.45) is 0. The van der Waals surface area contributed by atoms with Crippen molar-refractivity contribution < 1.29 is 18.8 Å². The fourth-order valence-corrected chi connectivity index (χ4v) is 1.66. The fourth-order valence-electron chi connectivity index (χ4n) is 1.39. The molecule has 0 amide bonds. The number of nitrogens with two attached hydrogens (primary N) is 1. The van der Waals surface area contributed by atoms with E-state index in [0.717, 1.165) is 0 Å². The van der Waals surface area contributed by atoms with Crippen molar-refractivity contribution in [3.8, 4) is 22.8 Å². The number of nitrogens with zero attached hydrogens (tertiary/aromatic N) is 1. The molecule has 0 radical (unpaired) electrons. The first kappa shape index (κ1) is 11.5. The lowest BCUT2D eigenvalue weighted by Gasteiger charge is -2.08. The number of aromatic nitrogens is 1. The van der Waals surface area contributed by atoms with Gasteiger partial charge in [-0.3, -0.25) is 0 Å². The van der Waals surface area contributed by atoms with E-state index in [1.165, 1.54) is 19.2 Å². The van der Waals surface area contributed by atoms with E-state index < -0.39 is 11.6 Å². The van der Waals surface area contributed by atoms with Gasteiger partial charge in [-0.1, -0.05) is 16.8 Å². The predicted molar refractivity (Wildman–Crippen MR) is 59.5 cm³/mol. The highest BCUT2D eigenvalue weighted by Gasteiger charge is 2.20. The van der Waals surface area contributed by atoms with Gasteiger partial charge in [-0.2, -0.15) is 4.39 Å². The predicted octanol–water partition coefficient (Wildman–Crippen LogP) is 2.43. The quantitative estimate of drug-likeness (QED) is 0.865. The molecule has 0 aliphatic rings. The van der Waals surface area contributed by atoms with Gasteiger partial charge >= 0.3 is 0 Å². The van der Waals surface area contributed by atoms with E-state index in [1.54, 1.807) is 0 Å². The number of ether oxygens (including phenoxy) is 1.